The van der Waals surface area contributed by atoms with E-state index in [1.54, 1.807) is 12.5 Å². The lowest BCUT2D eigenvalue weighted by Gasteiger charge is -2.37. The van der Waals surface area contributed by atoms with Gasteiger partial charge in [0.25, 0.3) is 0 Å². The van der Waals surface area contributed by atoms with E-state index in [0.29, 0.717) is 6.54 Å². The minimum absolute atomic E-state index is 0. The van der Waals surface area contributed by atoms with Crippen molar-refractivity contribution >= 4 is 41.3 Å². The molecule has 2 N–H and O–H groups in total. The zero-order valence-electron chi connectivity index (χ0n) is 17.3. The molecular formula is C22H29IN6S. The Bertz CT molecular complexity index is 917. The quantitative estimate of drug-likeness (QED) is 0.277. The molecule has 0 aromatic carbocycles. The highest BCUT2D eigenvalue weighted by Gasteiger charge is 2.34. The molecule has 30 heavy (non-hydrogen) atoms. The first kappa shape index (κ1) is 22.7. The number of rotatable bonds is 6. The molecule has 0 aliphatic heterocycles. The number of aromatic nitrogens is 3. The van der Waals surface area contributed by atoms with Gasteiger partial charge in [-0.15, -0.1) is 35.3 Å². The largest absolute Gasteiger partial charge is 0.355 e. The second kappa shape index (κ2) is 10.9. The van der Waals surface area contributed by atoms with Crippen LogP contribution in [0.1, 0.15) is 42.5 Å². The Kier molecular flexibility index (Phi) is 8.26. The lowest BCUT2D eigenvalue weighted by atomic mass is 9.73. The minimum Gasteiger partial charge on any atom is -0.355 e. The molecule has 0 radical (unpaired) electrons. The highest BCUT2D eigenvalue weighted by molar-refractivity contribution is 14.0. The van der Waals surface area contributed by atoms with Crippen LogP contribution >= 0.6 is 35.3 Å². The van der Waals surface area contributed by atoms with Gasteiger partial charge in [0.2, 0.25) is 0 Å². The van der Waals surface area contributed by atoms with E-state index in [1.165, 1.54) is 37.0 Å². The summed E-state index contributed by atoms with van der Waals surface area (Å²) >= 11 is 1.88. The Morgan fingerprint density at radius 3 is 2.77 bits per heavy atom. The van der Waals surface area contributed by atoms with Crippen LogP contribution in [0.4, 0.5) is 0 Å². The summed E-state index contributed by atoms with van der Waals surface area (Å²) in [6.45, 7) is 1.61. The minimum atomic E-state index is 0. The van der Waals surface area contributed by atoms with Gasteiger partial charge in [-0.25, -0.2) is 9.97 Å². The van der Waals surface area contributed by atoms with Crippen molar-refractivity contribution in [3.8, 4) is 5.82 Å². The van der Waals surface area contributed by atoms with Gasteiger partial charge in [-0.3, -0.25) is 9.56 Å². The number of hydrogen-bond acceptors (Lipinski definition) is 4. The van der Waals surface area contributed by atoms with E-state index >= 15 is 0 Å². The molecule has 4 rings (SSSR count). The number of aliphatic imine (C=N–C) groups is 1. The van der Waals surface area contributed by atoms with Gasteiger partial charge >= 0.3 is 0 Å². The number of halogens is 1. The van der Waals surface area contributed by atoms with Gasteiger partial charge in [0, 0.05) is 49.0 Å². The van der Waals surface area contributed by atoms with Crippen molar-refractivity contribution < 1.29 is 0 Å². The zero-order valence-corrected chi connectivity index (χ0v) is 20.4. The van der Waals surface area contributed by atoms with Crippen LogP contribution in [-0.2, 0) is 12.0 Å². The van der Waals surface area contributed by atoms with E-state index in [2.05, 4.69) is 49.2 Å². The van der Waals surface area contributed by atoms with Gasteiger partial charge in [0.05, 0.1) is 0 Å². The first-order valence-corrected chi connectivity index (χ1v) is 11.1. The maximum Gasteiger partial charge on any atom is 0.191 e. The molecule has 3 heterocycles. The molecule has 3 aromatic rings. The van der Waals surface area contributed by atoms with Crippen LogP contribution in [0.25, 0.3) is 5.82 Å². The second-order valence-corrected chi connectivity index (χ2v) is 8.54. The van der Waals surface area contributed by atoms with E-state index in [4.69, 9.17) is 0 Å². The lowest BCUT2D eigenvalue weighted by molar-refractivity contribution is 0.296. The Balaban J connectivity index is 0.00000256. The summed E-state index contributed by atoms with van der Waals surface area (Å²) < 4.78 is 1.91. The number of guanidine groups is 1. The Labute approximate surface area is 199 Å². The molecule has 0 spiro atoms. The molecule has 1 aliphatic rings. The summed E-state index contributed by atoms with van der Waals surface area (Å²) in [5, 5.41) is 9.24. The fourth-order valence-electron chi connectivity index (χ4n) is 4.08. The van der Waals surface area contributed by atoms with Crippen LogP contribution in [0.3, 0.4) is 0 Å². The van der Waals surface area contributed by atoms with Crippen LogP contribution in [0.15, 0.2) is 59.6 Å². The maximum atomic E-state index is 4.44. The van der Waals surface area contributed by atoms with Crippen LogP contribution in [-0.4, -0.2) is 34.1 Å². The first-order chi connectivity index (χ1) is 14.3. The van der Waals surface area contributed by atoms with Crippen LogP contribution in [0.5, 0.6) is 0 Å². The summed E-state index contributed by atoms with van der Waals surface area (Å²) in [5.74, 6) is 1.70. The fraction of sp³-hybridized carbons (Fsp3) is 0.409. The predicted molar refractivity (Wildman–Crippen MR) is 134 cm³/mol. The fourth-order valence-corrected chi connectivity index (χ4v) is 5.07. The van der Waals surface area contributed by atoms with Gasteiger partial charge in [0.15, 0.2) is 5.96 Å². The first-order valence-electron chi connectivity index (χ1n) is 10.2. The summed E-state index contributed by atoms with van der Waals surface area (Å²) in [7, 11) is 1.83. The molecular weight excluding hydrogens is 507 g/mol. The van der Waals surface area contributed by atoms with Crippen molar-refractivity contribution in [1.82, 2.24) is 25.2 Å². The number of imidazole rings is 1. The Morgan fingerprint density at radius 1 is 1.20 bits per heavy atom. The van der Waals surface area contributed by atoms with Crippen molar-refractivity contribution in [2.24, 2.45) is 4.99 Å². The Hall–Kier alpha value is -1.94. The molecule has 1 saturated carbocycles. The Morgan fingerprint density at radius 2 is 2.07 bits per heavy atom. The third-order valence-electron chi connectivity index (χ3n) is 5.71. The molecule has 160 valence electrons. The molecule has 0 bridgehead atoms. The average Bonchev–Trinajstić information content (AvgIpc) is 3.49. The smallest absolute Gasteiger partial charge is 0.191 e. The third-order valence-corrected chi connectivity index (χ3v) is 6.83. The van der Waals surface area contributed by atoms with Crippen LogP contribution < -0.4 is 10.6 Å². The lowest BCUT2D eigenvalue weighted by Crippen LogP contribution is -2.46. The zero-order chi connectivity index (χ0) is 19.9. The number of nitrogens with zero attached hydrogens (tertiary/aromatic N) is 4. The SMILES string of the molecule is CN=C(NCc1ccnc(-n2ccnc2)c1)NCC1(c2cccs2)CCCCC1.I. The normalized spacial score (nSPS) is 16.0. The van der Waals surface area contributed by atoms with E-state index < -0.39 is 0 Å². The third kappa shape index (κ3) is 5.40. The second-order valence-electron chi connectivity index (χ2n) is 7.59. The van der Waals surface area contributed by atoms with Crippen molar-refractivity contribution in [2.45, 2.75) is 44.1 Å². The molecule has 0 amide bonds. The molecule has 0 saturated heterocycles. The molecule has 0 unspecified atom stereocenters. The van der Waals surface area contributed by atoms with Gasteiger partial charge < -0.3 is 10.6 Å². The number of hydrogen-bond donors (Lipinski definition) is 2. The van der Waals surface area contributed by atoms with E-state index in [1.807, 2.05) is 41.4 Å². The van der Waals surface area contributed by atoms with Gasteiger partial charge in [-0.05, 0) is 42.0 Å². The van der Waals surface area contributed by atoms with E-state index in [9.17, 15) is 0 Å². The molecule has 1 aliphatic carbocycles. The molecule has 6 nitrogen and oxygen atoms in total. The summed E-state index contributed by atoms with van der Waals surface area (Å²) in [6.07, 6.45) is 13.7. The summed E-state index contributed by atoms with van der Waals surface area (Å²) in [4.78, 5) is 14.4. The average molecular weight is 536 g/mol. The summed E-state index contributed by atoms with van der Waals surface area (Å²) in [5.41, 5.74) is 1.38. The highest BCUT2D eigenvalue weighted by Crippen LogP contribution is 2.41. The van der Waals surface area contributed by atoms with Crippen molar-refractivity contribution in [2.75, 3.05) is 13.6 Å². The number of pyridine rings is 1. The van der Waals surface area contributed by atoms with Crippen molar-refractivity contribution in [1.29, 1.82) is 0 Å². The maximum absolute atomic E-state index is 4.44. The predicted octanol–water partition coefficient (Wildman–Crippen LogP) is 4.51. The molecule has 3 aromatic heterocycles. The van der Waals surface area contributed by atoms with E-state index in [-0.39, 0.29) is 29.4 Å². The summed E-state index contributed by atoms with van der Waals surface area (Å²) in [6, 6.07) is 8.55. The number of thiophene rings is 1. The highest BCUT2D eigenvalue weighted by atomic mass is 127. The van der Waals surface area contributed by atoms with Gasteiger partial charge in [-0.1, -0.05) is 25.3 Å². The van der Waals surface area contributed by atoms with Gasteiger partial charge in [-0.2, -0.15) is 0 Å². The molecule has 0 atom stereocenters. The monoisotopic (exact) mass is 536 g/mol. The van der Waals surface area contributed by atoms with Crippen molar-refractivity contribution in [3.05, 3.63) is 65.0 Å². The van der Waals surface area contributed by atoms with Crippen molar-refractivity contribution in [3.63, 3.8) is 0 Å². The van der Waals surface area contributed by atoms with E-state index in [0.717, 1.165) is 23.9 Å². The number of nitrogens with one attached hydrogen (secondary N) is 2. The van der Waals surface area contributed by atoms with Gasteiger partial charge in [0.1, 0.15) is 12.1 Å². The van der Waals surface area contributed by atoms with Crippen LogP contribution in [0.2, 0.25) is 0 Å². The van der Waals surface area contributed by atoms with Crippen LogP contribution in [0, 0.1) is 0 Å². The standard InChI is InChI=1S/C22H28N6S.HI/c1-23-21(26-15-18-7-10-25-20(14-18)28-12-11-24-17-28)27-16-22(8-3-2-4-9-22)19-6-5-13-29-19;/h5-7,10-14,17H,2-4,8-9,15-16H2,1H3,(H2,23,26,27);1H. The molecule has 1 fully saturated rings. The molecule has 8 heteroatoms. The topological polar surface area (TPSA) is 67.1 Å².